The van der Waals surface area contributed by atoms with Crippen LogP contribution in [0.3, 0.4) is 0 Å². The average molecular weight is 648 g/mol. The first kappa shape index (κ1) is 28.0. The van der Waals surface area contributed by atoms with Crippen molar-refractivity contribution in [1.82, 2.24) is 14.5 Å². The fourth-order valence-electron chi connectivity index (χ4n) is 8.26. The highest BCUT2D eigenvalue weighted by Crippen LogP contribution is 2.52. The van der Waals surface area contributed by atoms with Crippen LogP contribution >= 0.6 is 0 Å². The van der Waals surface area contributed by atoms with E-state index in [1.165, 1.54) is 54.8 Å². The Bertz CT molecular complexity index is 3010. The molecule has 0 radical (unpaired) electrons. The normalized spacial score (nSPS) is 11.9. The second-order valence-corrected chi connectivity index (χ2v) is 13.4. The molecule has 0 spiro atoms. The Balaban J connectivity index is 1.13. The van der Waals surface area contributed by atoms with Crippen molar-refractivity contribution in [3.63, 3.8) is 0 Å². The van der Waals surface area contributed by atoms with E-state index in [2.05, 4.69) is 156 Å². The third kappa shape index (κ3) is 4.19. The zero-order valence-electron chi connectivity index (χ0n) is 27.6. The molecule has 51 heavy (non-hydrogen) atoms. The summed E-state index contributed by atoms with van der Waals surface area (Å²) < 4.78 is 2.48. The lowest BCUT2D eigenvalue weighted by molar-refractivity contribution is 1.18. The minimum Gasteiger partial charge on any atom is -0.309 e. The number of aromatic nitrogens is 3. The summed E-state index contributed by atoms with van der Waals surface area (Å²) in [4.78, 5) is 10.2. The number of nitrogens with zero attached hydrogens (tertiary/aromatic N) is 3. The van der Waals surface area contributed by atoms with Crippen molar-refractivity contribution < 1.29 is 0 Å². The smallest absolute Gasteiger partial charge is 0.160 e. The quantitative estimate of drug-likeness (QED) is 0.190. The van der Waals surface area contributed by atoms with Gasteiger partial charge in [-0.25, -0.2) is 9.97 Å². The van der Waals surface area contributed by atoms with E-state index in [9.17, 15) is 0 Å². The average Bonchev–Trinajstić information content (AvgIpc) is 3.72. The van der Waals surface area contributed by atoms with Gasteiger partial charge in [0.1, 0.15) is 0 Å². The number of hydrogen-bond donors (Lipinski definition) is 0. The molecule has 10 aromatic rings. The van der Waals surface area contributed by atoms with Crippen molar-refractivity contribution >= 4 is 43.5 Å². The fourth-order valence-corrected chi connectivity index (χ4v) is 8.26. The number of rotatable bonds is 4. The summed E-state index contributed by atoms with van der Waals surface area (Å²) in [5.74, 6) is 0.730. The van der Waals surface area contributed by atoms with E-state index >= 15 is 0 Å². The predicted molar refractivity (Wildman–Crippen MR) is 212 cm³/mol. The van der Waals surface area contributed by atoms with E-state index in [1.54, 1.807) is 0 Å². The molecular weight excluding hydrogens is 619 g/mol. The van der Waals surface area contributed by atoms with Gasteiger partial charge in [0.2, 0.25) is 0 Å². The molecule has 1 aliphatic rings. The van der Waals surface area contributed by atoms with E-state index in [-0.39, 0.29) is 0 Å². The summed E-state index contributed by atoms with van der Waals surface area (Å²) in [7, 11) is 0. The highest BCUT2D eigenvalue weighted by Gasteiger charge is 2.27. The van der Waals surface area contributed by atoms with Gasteiger partial charge in [-0.3, -0.25) is 0 Å². The van der Waals surface area contributed by atoms with Gasteiger partial charge in [-0.2, -0.15) is 0 Å². The highest BCUT2D eigenvalue weighted by molar-refractivity contribution is 6.24. The summed E-state index contributed by atoms with van der Waals surface area (Å²) in [5.41, 5.74) is 15.0. The van der Waals surface area contributed by atoms with Gasteiger partial charge >= 0.3 is 0 Å². The monoisotopic (exact) mass is 647 g/mol. The van der Waals surface area contributed by atoms with Crippen LogP contribution in [0.1, 0.15) is 0 Å². The highest BCUT2D eigenvalue weighted by atomic mass is 15.0. The summed E-state index contributed by atoms with van der Waals surface area (Å²) in [6.45, 7) is 0. The van der Waals surface area contributed by atoms with Crippen LogP contribution in [0.4, 0.5) is 0 Å². The third-order valence-electron chi connectivity index (χ3n) is 10.5. The van der Waals surface area contributed by atoms with Crippen molar-refractivity contribution in [2.24, 2.45) is 0 Å². The van der Waals surface area contributed by atoms with Crippen LogP contribution < -0.4 is 0 Å². The van der Waals surface area contributed by atoms with Crippen LogP contribution in [0.2, 0.25) is 0 Å². The number of hydrogen-bond acceptors (Lipinski definition) is 2. The largest absolute Gasteiger partial charge is 0.309 e. The maximum Gasteiger partial charge on any atom is 0.160 e. The van der Waals surface area contributed by atoms with Gasteiger partial charge in [0.15, 0.2) is 5.82 Å². The predicted octanol–water partition coefficient (Wildman–Crippen LogP) is 12.5. The number of fused-ring (bicyclic) bond motifs is 8. The first-order valence-electron chi connectivity index (χ1n) is 17.4. The van der Waals surface area contributed by atoms with Crippen molar-refractivity contribution in [3.8, 4) is 61.7 Å². The Kier molecular flexibility index (Phi) is 5.96. The molecule has 236 valence electrons. The molecule has 0 saturated carbocycles. The lowest BCUT2D eigenvalue weighted by Crippen LogP contribution is -1.97. The summed E-state index contributed by atoms with van der Waals surface area (Å²) >= 11 is 0. The number of benzene rings is 8. The topological polar surface area (TPSA) is 30.7 Å². The summed E-state index contributed by atoms with van der Waals surface area (Å²) in [6.07, 6.45) is 0. The van der Waals surface area contributed by atoms with E-state index in [4.69, 9.17) is 9.97 Å². The van der Waals surface area contributed by atoms with Gasteiger partial charge < -0.3 is 4.57 Å². The number of para-hydroxylation sites is 1. The van der Waals surface area contributed by atoms with E-state index in [0.29, 0.717) is 0 Å². The Hall–Kier alpha value is -6.84. The molecule has 0 fully saturated rings. The van der Waals surface area contributed by atoms with E-state index < -0.39 is 0 Å². The molecule has 1 aliphatic carbocycles. The van der Waals surface area contributed by atoms with Crippen LogP contribution in [0.25, 0.3) is 105 Å². The van der Waals surface area contributed by atoms with Crippen molar-refractivity contribution in [2.45, 2.75) is 0 Å². The van der Waals surface area contributed by atoms with E-state index in [1.807, 2.05) is 24.3 Å². The zero-order chi connectivity index (χ0) is 33.5. The van der Waals surface area contributed by atoms with Gasteiger partial charge in [-0.15, -0.1) is 0 Å². The SMILES string of the molecule is c1ccc(-c2nc(-c3ccccc3)c3cc(-c4cccc(-n5c6ccccc6c6ccc7c(c65)-c5cccc6cccc-7c56)c4)ccc3n2)cc1. The second-order valence-electron chi connectivity index (χ2n) is 13.4. The molecule has 0 bridgehead atoms. The standard InChI is InChI=1S/C48H29N3/c1-3-12-31(13-4-1)46-41-29-34(24-27-42(41)49-48(50-46)32-14-5-2-6-15-32)33-18-9-19-35(28-33)51-43-23-8-7-20-36(43)39-26-25-38-37-21-10-16-30-17-11-22-40(44(30)37)45(38)47(39)51/h1-29H. The molecule has 0 atom stereocenters. The lowest BCUT2D eigenvalue weighted by Gasteiger charge is -2.14. The van der Waals surface area contributed by atoms with Crippen LogP contribution in [-0.2, 0) is 0 Å². The Morgan fingerprint density at radius 3 is 1.96 bits per heavy atom. The minimum atomic E-state index is 0.730. The van der Waals surface area contributed by atoms with Gasteiger partial charge in [0.05, 0.1) is 22.2 Å². The molecule has 0 unspecified atom stereocenters. The molecule has 0 amide bonds. The molecule has 2 heterocycles. The molecule has 8 aromatic carbocycles. The fraction of sp³-hybridized carbons (Fsp3) is 0. The van der Waals surface area contributed by atoms with Gasteiger partial charge in [-0.05, 0) is 68.9 Å². The maximum absolute atomic E-state index is 5.15. The van der Waals surface area contributed by atoms with Crippen molar-refractivity contribution in [2.75, 3.05) is 0 Å². The van der Waals surface area contributed by atoms with Crippen molar-refractivity contribution in [1.29, 1.82) is 0 Å². The molecule has 0 aliphatic heterocycles. The third-order valence-corrected chi connectivity index (χ3v) is 10.5. The molecule has 0 saturated heterocycles. The van der Waals surface area contributed by atoms with E-state index in [0.717, 1.165) is 50.4 Å². The molecular formula is C48H29N3. The first-order chi connectivity index (χ1) is 25.3. The summed E-state index contributed by atoms with van der Waals surface area (Å²) in [6, 6.07) is 63.1. The van der Waals surface area contributed by atoms with Gasteiger partial charge in [0, 0.05) is 38.5 Å². The molecule has 0 N–H and O–H groups in total. The Labute approximate surface area is 294 Å². The van der Waals surface area contributed by atoms with Crippen molar-refractivity contribution in [3.05, 3.63) is 176 Å². The summed E-state index contributed by atoms with van der Waals surface area (Å²) in [5, 5.41) is 6.18. The van der Waals surface area contributed by atoms with Gasteiger partial charge in [0.25, 0.3) is 0 Å². The van der Waals surface area contributed by atoms with Crippen LogP contribution in [0.5, 0.6) is 0 Å². The van der Waals surface area contributed by atoms with Gasteiger partial charge in [-0.1, -0.05) is 146 Å². The first-order valence-corrected chi connectivity index (χ1v) is 17.4. The maximum atomic E-state index is 5.15. The van der Waals surface area contributed by atoms with Crippen LogP contribution in [-0.4, -0.2) is 14.5 Å². The zero-order valence-corrected chi connectivity index (χ0v) is 27.6. The molecule has 3 heteroatoms. The molecule has 3 nitrogen and oxygen atoms in total. The Morgan fingerprint density at radius 2 is 1.12 bits per heavy atom. The van der Waals surface area contributed by atoms with Crippen LogP contribution in [0.15, 0.2) is 176 Å². The molecule has 11 rings (SSSR count). The van der Waals surface area contributed by atoms with Crippen LogP contribution in [0, 0.1) is 0 Å². The minimum absolute atomic E-state index is 0.730. The lowest BCUT2D eigenvalue weighted by atomic mass is 9.99. The Morgan fingerprint density at radius 1 is 0.412 bits per heavy atom. The molecule has 2 aromatic heterocycles. The second kappa shape index (κ2) is 10.8.